The molecule has 0 saturated carbocycles. The summed E-state index contributed by atoms with van der Waals surface area (Å²) in [5, 5.41) is 0. The van der Waals surface area contributed by atoms with Crippen LogP contribution in [-0.2, 0) is 4.79 Å². The number of ether oxygens (including phenoxy) is 1. The quantitative estimate of drug-likeness (QED) is 0.819. The van der Waals surface area contributed by atoms with E-state index in [0.717, 1.165) is 22.2 Å². The summed E-state index contributed by atoms with van der Waals surface area (Å²) < 4.78 is 6.36. The smallest absolute Gasteiger partial charge is 0.129 e. The third kappa shape index (κ3) is 3.63. The van der Waals surface area contributed by atoms with E-state index in [9.17, 15) is 4.79 Å². The number of rotatable bonds is 5. The lowest BCUT2D eigenvalue weighted by Crippen LogP contribution is -2.00. The summed E-state index contributed by atoms with van der Waals surface area (Å²) in [5.41, 5.74) is 1.15. The Bertz CT molecular complexity index is 374. The molecule has 1 rings (SSSR count). The van der Waals surface area contributed by atoms with Crippen LogP contribution in [0.4, 0.5) is 0 Å². The van der Waals surface area contributed by atoms with Crippen LogP contribution in [0.2, 0.25) is 0 Å². The standard InChI is InChI=1S/C13H17BrO2/c1-9(4-5-10(2)15)12-8-11(14)6-7-13(12)16-3/h6-9H,4-5H2,1-3H3. The summed E-state index contributed by atoms with van der Waals surface area (Å²) in [6, 6.07) is 5.97. The van der Waals surface area contributed by atoms with Crippen molar-refractivity contribution in [2.75, 3.05) is 7.11 Å². The fourth-order valence-corrected chi connectivity index (χ4v) is 2.04. The number of carbonyl (C=O) groups is 1. The Morgan fingerprint density at radius 2 is 2.19 bits per heavy atom. The normalized spacial score (nSPS) is 12.2. The molecule has 0 aliphatic heterocycles. The number of ketones is 1. The van der Waals surface area contributed by atoms with Crippen LogP contribution >= 0.6 is 15.9 Å². The SMILES string of the molecule is COc1ccc(Br)cc1C(C)CCC(C)=O. The summed E-state index contributed by atoms with van der Waals surface area (Å²) in [4.78, 5) is 11.0. The van der Waals surface area contributed by atoms with Gasteiger partial charge in [-0.3, -0.25) is 0 Å². The number of hydrogen-bond acceptors (Lipinski definition) is 2. The van der Waals surface area contributed by atoms with Crippen LogP contribution in [0.25, 0.3) is 0 Å². The highest BCUT2D eigenvalue weighted by Crippen LogP contribution is 2.32. The molecule has 0 aliphatic carbocycles. The van der Waals surface area contributed by atoms with Crippen molar-refractivity contribution in [3.8, 4) is 5.75 Å². The molecule has 2 nitrogen and oxygen atoms in total. The fourth-order valence-electron chi connectivity index (χ4n) is 1.67. The summed E-state index contributed by atoms with van der Waals surface area (Å²) in [5.74, 6) is 1.46. The van der Waals surface area contributed by atoms with Gasteiger partial charge >= 0.3 is 0 Å². The van der Waals surface area contributed by atoms with Gasteiger partial charge in [-0.1, -0.05) is 22.9 Å². The van der Waals surface area contributed by atoms with Gasteiger partial charge in [0.05, 0.1) is 7.11 Å². The van der Waals surface area contributed by atoms with E-state index in [1.165, 1.54) is 0 Å². The number of methoxy groups -OCH3 is 1. The monoisotopic (exact) mass is 284 g/mol. The zero-order chi connectivity index (χ0) is 12.1. The summed E-state index contributed by atoms with van der Waals surface area (Å²) >= 11 is 3.45. The molecule has 16 heavy (non-hydrogen) atoms. The Kier molecular flexibility index (Phi) is 5.00. The van der Waals surface area contributed by atoms with Crippen molar-refractivity contribution in [1.82, 2.24) is 0 Å². The van der Waals surface area contributed by atoms with E-state index in [-0.39, 0.29) is 5.78 Å². The van der Waals surface area contributed by atoms with Gasteiger partial charge < -0.3 is 9.53 Å². The molecule has 0 aliphatic rings. The number of hydrogen-bond donors (Lipinski definition) is 0. The molecule has 1 aromatic rings. The maximum Gasteiger partial charge on any atom is 0.129 e. The van der Waals surface area contributed by atoms with E-state index >= 15 is 0 Å². The molecule has 1 aromatic carbocycles. The van der Waals surface area contributed by atoms with Crippen LogP contribution in [0.5, 0.6) is 5.75 Å². The largest absolute Gasteiger partial charge is 0.496 e. The minimum atomic E-state index is 0.237. The number of benzene rings is 1. The second-order valence-electron chi connectivity index (χ2n) is 4.03. The van der Waals surface area contributed by atoms with E-state index < -0.39 is 0 Å². The number of halogens is 1. The number of carbonyl (C=O) groups excluding carboxylic acids is 1. The van der Waals surface area contributed by atoms with E-state index in [4.69, 9.17) is 4.74 Å². The van der Waals surface area contributed by atoms with Crippen LogP contribution in [0.15, 0.2) is 22.7 Å². The Labute approximate surface area is 105 Å². The van der Waals surface area contributed by atoms with E-state index in [1.807, 2.05) is 12.1 Å². The average molecular weight is 285 g/mol. The first-order valence-electron chi connectivity index (χ1n) is 5.37. The van der Waals surface area contributed by atoms with Gasteiger partial charge in [0.1, 0.15) is 11.5 Å². The predicted octanol–water partition coefficient (Wildman–Crippen LogP) is 3.93. The molecule has 1 atom stereocenters. The van der Waals surface area contributed by atoms with Crippen molar-refractivity contribution in [3.05, 3.63) is 28.2 Å². The first-order valence-corrected chi connectivity index (χ1v) is 6.16. The topological polar surface area (TPSA) is 26.3 Å². The minimum Gasteiger partial charge on any atom is -0.496 e. The number of Topliss-reactive ketones (excluding diaryl/α,β-unsaturated/α-hetero) is 1. The maximum absolute atomic E-state index is 11.0. The lowest BCUT2D eigenvalue weighted by Gasteiger charge is -2.15. The molecule has 0 fully saturated rings. The zero-order valence-corrected chi connectivity index (χ0v) is 11.5. The second kappa shape index (κ2) is 6.04. The average Bonchev–Trinajstić information content (AvgIpc) is 2.25. The van der Waals surface area contributed by atoms with E-state index in [0.29, 0.717) is 12.3 Å². The zero-order valence-electron chi connectivity index (χ0n) is 9.92. The van der Waals surface area contributed by atoms with Gasteiger partial charge in [-0.2, -0.15) is 0 Å². The summed E-state index contributed by atoms with van der Waals surface area (Å²) in [6.45, 7) is 3.75. The first-order chi connectivity index (χ1) is 7.54. The van der Waals surface area contributed by atoms with Crippen LogP contribution in [0.3, 0.4) is 0 Å². The van der Waals surface area contributed by atoms with Crippen molar-refractivity contribution >= 4 is 21.7 Å². The van der Waals surface area contributed by atoms with Gasteiger partial charge in [0.15, 0.2) is 0 Å². The third-order valence-corrected chi connectivity index (χ3v) is 3.15. The Morgan fingerprint density at radius 3 is 2.75 bits per heavy atom. The van der Waals surface area contributed by atoms with Crippen molar-refractivity contribution < 1.29 is 9.53 Å². The lowest BCUT2D eigenvalue weighted by molar-refractivity contribution is -0.117. The van der Waals surface area contributed by atoms with Gasteiger partial charge in [-0.05, 0) is 43.0 Å². The van der Waals surface area contributed by atoms with Crippen molar-refractivity contribution in [3.63, 3.8) is 0 Å². The Balaban J connectivity index is 2.84. The van der Waals surface area contributed by atoms with Crippen molar-refractivity contribution in [2.45, 2.75) is 32.6 Å². The van der Waals surface area contributed by atoms with Crippen LogP contribution in [0.1, 0.15) is 38.2 Å². The van der Waals surface area contributed by atoms with Gasteiger partial charge in [0, 0.05) is 10.9 Å². The van der Waals surface area contributed by atoms with Crippen molar-refractivity contribution in [2.24, 2.45) is 0 Å². The molecular weight excluding hydrogens is 268 g/mol. The molecule has 0 N–H and O–H groups in total. The summed E-state index contributed by atoms with van der Waals surface area (Å²) in [7, 11) is 1.67. The molecule has 88 valence electrons. The summed E-state index contributed by atoms with van der Waals surface area (Å²) in [6.07, 6.45) is 1.49. The molecule has 0 radical (unpaired) electrons. The van der Waals surface area contributed by atoms with E-state index in [2.05, 4.69) is 28.9 Å². The highest BCUT2D eigenvalue weighted by atomic mass is 79.9. The van der Waals surface area contributed by atoms with Crippen molar-refractivity contribution in [1.29, 1.82) is 0 Å². The van der Waals surface area contributed by atoms with Crippen LogP contribution in [0, 0.1) is 0 Å². The van der Waals surface area contributed by atoms with E-state index in [1.54, 1.807) is 14.0 Å². The van der Waals surface area contributed by atoms with Crippen LogP contribution < -0.4 is 4.74 Å². The highest BCUT2D eigenvalue weighted by molar-refractivity contribution is 9.10. The fraction of sp³-hybridized carbons (Fsp3) is 0.462. The molecule has 0 spiro atoms. The third-order valence-electron chi connectivity index (χ3n) is 2.65. The molecule has 1 unspecified atom stereocenters. The molecule has 0 aromatic heterocycles. The minimum absolute atomic E-state index is 0.237. The molecule has 3 heteroatoms. The Morgan fingerprint density at radius 1 is 1.50 bits per heavy atom. The molecular formula is C13H17BrO2. The molecule has 0 heterocycles. The van der Waals surface area contributed by atoms with Gasteiger partial charge in [-0.15, -0.1) is 0 Å². The Hall–Kier alpha value is -0.830. The maximum atomic E-state index is 11.0. The molecule has 0 bridgehead atoms. The van der Waals surface area contributed by atoms with Gasteiger partial charge in [0.25, 0.3) is 0 Å². The van der Waals surface area contributed by atoms with Gasteiger partial charge in [0.2, 0.25) is 0 Å². The first kappa shape index (κ1) is 13.2. The molecule has 0 amide bonds. The second-order valence-corrected chi connectivity index (χ2v) is 4.94. The lowest BCUT2D eigenvalue weighted by atomic mass is 9.94. The predicted molar refractivity (Wildman–Crippen MR) is 69.0 cm³/mol. The van der Waals surface area contributed by atoms with Crippen LogP contribution in [-0.4, -0.2) is 12.9 Å². The molecule has 0 saturated heterocycles. The highest BCUT2D eigenvalue weighted by Gasteiger charge is 2.12. The van der Waals surface area contributed by atoms with Gasteiger partial charge in [-0.25, -0.2) is 0 Å².